The zero-order valence-electron chi connectivity index (χ0n) is 13.7. The molecule has 0 aliphatic rings. The van der Waals surface area contributed by atoms with Gasteiger partial charge in [-0.05, 0) is 54.1 Å². The number of nitrogens with one attached hydrogen (secondary N) is 1. The van der Waals surface area contributed by atoms with Crippen LogP contribution >= 0.6 is 0 Å². The van der Waals surface area contributed by atoms with Crippen LogP contribution in [0.3, 0.4) is 0 Å². The van der Waals surface area contributed by atoms with Crippen LogP contribution in [-0.2, 0) is 6.54 Å². The van der Waals surface area contributed by atoms with Crippen molar-refractivity contribution in [3.05, 3.63) is 15.8 Å². The number of hydrogen-bond donors (Lipinski definition) is 1. The molecule has 7 heteroatoms. The first-order valence-electron chi connectivity index (χ1n) is 7.54. The lowest BCUT2D eigenvalue weighted by atomic mass is 10.2. The summed E-state index contributed by atoms with van der Waals surface area (Å²) in [6.45, 7) is 10.3. The van der Waals surface area contributed by atoms with Gasteiger partial charge >= 0.3 is 5.69 Å². The normalized spacial score (nSPS) is 11.4. The number of aromatic nitrogens is 2. The lowest BCUT2D eigenvalue weighted by molar-refractivity contribution is -0.384. The van der Waals surface area contributed by atoms with E-state index in [4.69, 9.17) is 0 Å². The van der Waals surface area contributed by atoms with Gasteiger partial charge in [0.05, 0.1) is 4.92 Å². The number of aryl methyl sites for hydroxylation is 2. The van der Waals surface area contributed by atoms with Gasteiger partial charge in [-0.15, -0.1) is 0 Å². The van der Waals surface area contributed by atoms with Gasteiger partial charge in [-0.1, -0.05) is 0 Å². The highest BCUT2D eigenvalue weighted by molar-refractivity contribution is 5.59. The third kappa shape index (κ3) is 4.70. The highest BCUT2D eigenvalue weighted by Crippen LogP contribution is 2.27. The van der Waals surface area contributed by atoms with E-state index in [1.165, 1.54) is 0 Å². The van der Waals surface area contributed by atoms with Gasteiger partial charge in [0.25, 0.3) is 0 Å². The third-order valence-corrected chi connectivity index (χ3v) is 3.69. The summed E-state index contributed by atoms with van der Waals surface area (Å²) in [5.41, 5.74) is 0.556. The first-order valence-corrected chi connectivity index (χ1v) is 7.54. The Morgan fingerprint density at radius 1 is 1.43 bits per heavy atom. The summed E-state index contributed by atoms with van der Waals surface area (Å²) >= 11 is 0. The van der Waals surface area contributed by atoms with Gasteiger partial charge in [0.1, 0.15) is 5.69 Å². The molecule has 0 spiro atoms. The van der Waals surface area contributed by atoms with Crippen LogP contribution in [0.1, 0.15) is 39.3 Å². The van der Waals surface area contributed by atoms with Crippen LogP contribution in [-0.4, -0.2) is 45.8 Å². The van der Waals surface area contributed by atoms with Gasteiger partial charge in [0.15, 0.2) is 0 Å². The van der Waals surface area contributed by atoms with E-state index >= 15 is 0 Å². The van der Waals surface area contributed by atoms with Crippen LogP contribution in [0, 0.1) is 17.0 Å². The zero-order valence-corrected chi connectivity index (χ0v) is 13.7. The predicted molar refractivity (Wildman–Crippen MR) is 84.8 cm³/mol. The molecular formula is C14H27N5O2. The van der Waals surface area contributed by atoms with Crippen molar-refractivity contribution < 1.29 is 4.92 Å². The Bertz CT molecular complexity index is 470. The molecule has 1 aromatic heterocycles. The van der Waals surface area contributed by atoms with Crippen molar-refractivity contribution in [3.63, 3.8) is 0 Å². The fourth-order valence-corrected chi connectivity index (χ4v) is 2.15. The molecule has 0 radical (unpaired) electrons. The van der Waals surface area contributed by atoms with Crippen LogP contribution < -0.4 is 5.32 Å². The minimum absolute atomic E-state index is 0.0937. The van der Waals surface area contributed by atoms with E-state index in [1.807, 2.05) is 6.92 Å². The molecule has 0 atom stereocenters. The molecular weight excluding hydrogens is 270 g/mol. The molecule has 7 nitrogen and oxygen atoms in total. The molecule has 0 aliphatic heterocycles. The van der Waals surface area contributed by atoms with Gasteiger partial charge in [-0.25, -0.2) is 4.68 Å². The first-order chi connectivity index (χ1) is 9.88. The fraction of sp³-hybridized carbons (Fsp3) is 0.786. The van der Waals surface area contributed by atoms with Gasteiger partial charge in [0.2, 0.25) is 5.82 Å². The van der Waals surface area contributed by atoms with E-state index < -0.39 is 0 Å². The van der Waals surface area contributed by atoms with Crippen molar-refractivity contribution in [2.24, 2.45) is 0 Å². The summed E-state index contributed by atoms with van der Waals surface area (Å²) in [5, 5.41) is 18.5. The molecule has 1 N–H and O–H groups in total. The Morgan fingerprint density at radius 3 is 2.62 bits per heavy atom. The number of nitrogens with zero attached hydrogens (tertiary/aromatic N) is 4. The van der Waals surface area contributed by atoms with E-state index in [9.17, 15) is 10.1 Å². The molecule has 21 heavy (non-hydrogen) atoms. The highest BCUT2D eigenvalue weighted by atomic mass is 16.6. The maximum Gasteiger partial charge on any atom is 0.333 e. The van der Waals surface area contributed by atoms with E-state index in [0.29, 0.717) is 24.1 Å². The van der Waals surface area contributed by atoms with Gasteiger partial charge in [-0.2, -0.15) is 5.10 Å². The smallest absolute Gasteiger partial charge is 0.333 e. The molecule has 0 saturated heterocycles. The third-order valence-electron chi connectivity index (χ3n) is 3.69. The molecule has 1 aromatic rings. The molecule has 0 amide bonds. The monoisotopic (exact) mass is 297 g/mol. The standard InChI is InChI=1S/C14H27N5O2/c1-6-18-14(13(19(20)21)12(4)16-18)15-9-7-8-10-17(5)11(2)3/h11,15H,6-10H2,1-5H3. The van der Waals surface area contributed by atoms with Crippen molar-refractivity contribution in [1.82, 2.24) is 14.7 Å². The number of rotatable bonds is 9. The maximum atomic E-state index is 11.1. The second kappa shape index (κ2) is 7.97. The molecule has 0 bridgehead atoms. The summed E-state index contributed by atoms with van der Waals surface area (Å²) in [7, 11) is 2.11. The van der Waals surface area contributed by atoms with Crippen molar-refractivity contribution in [2.75, 3.05) is 25.5 Å². The molecule has 1 heterocycles. The Hall–Kier alpha value is -1.63. The summed E-state index contributed by atoms with van der Waals surface area (Å²) in [6, 6.07) is 0.545. The van der Waals surface area contributed by atoms with Crippen molar-refractivity contribution >= 4 is 11.5 Å². The molecule has 0 fully saturated rings. The maximum absolute atomic E-state index is 11.1. The second-order valence-electron chi connectivity index (χ2n) is 5.56. The van der Waals surface area contributed by atoms with Crippen LogP contribution in [0.15, 0.2) is 0 Å². The zero-order chi connectivity index (χ0) is 16.0. The summed E-state index contributed by atoms with van der Waals surface area (Å²) in [5.74, 6) is 0.525. The summed E-state index contributed by atoms with van der Waals surface area (Å²) in [4.78, 5) is 13.1. The molecule has 1 rings (SSSR count). The van der Waals surface area contributed by atoms with Crippen molar-refractivity contribution in [2.45, 2.75) is 53.1 Å². The summed E-state index contributed by atoms with van der Waals surface area (Å²) in [6.07, 6.45) is 2.04. The lowest BCUT2D eigenvalue weighted by Gasteiger charge is -2.20. The molecule has 0 aromatic carbocycles. The van der Waals surface area contributed by atoms with Crippen LogP contribution in [0.25, 0.3) is 0 Å². The van der Waals surface area contributed by atoms with E-state index in [2.05, 4.69) is 36.2 Å². The topological polar surface area (TPSA) is 76.2 Å². The van der Waals surface area contributed by atoms with Crippen molar-refractivity contribution in [1.29, 1.82) is 0 Å². The SMILES string of the molecule is CCn1nc(C)c([N+](=O)[O-])c1NCCCCN(C)C(C)C. The Labute approximate surface area is 126 Å². The van der Waals surface area contributed by atoms with E-state index in [1.54, 1.807) is 11.6 Å². The Morgan fingerprint density at radius 2 is 2.10 bits per heavy atom. The molecule has 0 saturated carbocycles. The molecule has 0 aliphatic carbocycles. The van der Waals surface area contributed by atoms with Crippen LogP contribution in [0.2, 0.25) is 0 Å². The van der Waals surface area contributed by atoms with Gasteiger partial charge in [0, 0.05) is 19.1 Å². The average molecular weight is 297 g/mol. The van der Waals surface area contributed by atoms with Gasteiger partial charge in [-0.3, -0.25) is 10.1 Å². The minimum atomic E-state index is -0.358. The number of anilines is 1. The Balaban J connectivity index is 2.53. The Kier molecular flexibility index (Phi) is 6.61. The lowest BCUT2D eigenvalue weighted by Crippen LogP contribution is -2.27. The number of hydrogen-bond acceptors (Lipinski definition) is 5. The van der Waals surface area contributed by atoms with Crippen LogP contribution in [0.5, 0.6) is 0 Å². The molecule has 120 valence electrons. The van der Waals surface area contributed by atoms with Gasteiger partial charge < -0.3 is 10.2 Å². The summed E-state index contributed by atoms with van der Waals surface area (Å²) < 4.78 is 1.66. The fourth-order valence-electron chi connectivity index (χ4n) is 2.15. The largest absolute Gasteiger partial charge is 0.365 e. The first kappa shape index (κ1) is 17.4. The highest BCUT2D eigenvalue weighted by Gasteiger charge is 2.24. The predicted octanol–water partition coefficient (Wildman–Crippen LogP) is 2.65. The van der Waals surface area contributed by atoms with E-state index in [0.717, 1.165) is 25.9 Å². The number of unbranched alkanes of at least 4 members (excludes halogenated alkanes) is 1. The second-order valence-corrected chi connectivity index (χ2v) is 5.56. The average Bonchev–Trinajstić information content (AvgIpc) is 2.74. The quantitative estimate of drug-likeness (QED) is 0.431. The van der Waals surface area contributed by atoms with E-state index in [-0.39, 0.29) is 10.6 Å². The minimum Gasteiger partial charge on any atom is -0.365 e. The van der Waals surface area contributed by atoms with Crippen molar-refractivity contribution in [3.8, 4) is 0 Å². The molecule has 0 unspecified atom stereocenters. The van der Waals surface area contributed by atoms with Crippen LogP contribution in [0.4, 0.5) is 11.5 Å². The number of nitro groups is 1.